The van der Waals surface area contributed by atoms with Crippen LogP contribution < -0.4 is 5.32 Å². The zero-order valence-corrected chi connectivity index (χ0v) is 9.86. The quantitative estimate of drug-likeness (QED) is 0.695. The number of nitrogens with one attached hydrogen (secondary N) is 1. The summed E-state index contributed by atoms with van der Waals surface area (Å²) in [5.74, 6) is 1.09. The smallest absolute Gasteiger partial charge is 0.125 e. The van der Waals surface area contributed by atoms with Crippen molar-refractivity contribution in [3.05, 3.63) is 18.2 Å². The molecule has 1 N–H and O–H groups in total. The van der Waals surface area contributed by atoms with Crippen molar-refractivity contribution in [2.24, 2.45) is 7.05 Å². The molecule has 0 saturated carbocycles. The lowest BCUT2D eigenvalue weighted by Crippen LogP contribution is -2.27. The molecule has 0 bridgehead atoms. The molecule has 1 atom stereocenters. The zero-order valence-electron chi connectivity index (χ0n) is 9.86. The summed E-state index contributed by atoms with van der Waals surface area (Å²) in [6, 6.07) is 0.324. The Labute approximate surface area is 91.7 Å². The van der Waals surface area contributed by atoms with E-state index in [0.717, 1.165) is 32.0 Å². The van der Waals surface area contributed by atoms with E-state index in [1.165, 1.54) is 0 Å². The molecule has 1 aromatic rings. The second-order valence-corrected chi connectivity index (χ2v) is 3.51. The first kappa shape index (κ1) is 12.2. The summed E-state index contributed by atoms with van der Waals surface area (Å²) < 4.78 is 7.34. The van der Waals surface area contributed by atoms with Gasteiger partial charge < -0.3 is 14.6 Å². The van der Waals surface area contributed by atoms with Crippen LogP contribution in [0.5, 0.6) is 0 Å². The van der Waals surface area contributed by atoms with E-state index in [0.29, 0.717) is 6.04 Å². The Morgan fingerprint density at radius 2 is 2.33 bits per heavy atom. The van der Waals surface area contributed by atoms with Crippen LogP contribution in [-0.4, -0.2) is 29.3 Å². The highest BCUT2D eigenvalue weighted by Gasteiger charge is 2.12. The molecular formula is C11H21N3O. The van der Waals surface area contributed by atoms with Gasteiger partial charge in [0.1, 0.15) is 5.82 Å². The van der Waals surface area contributed by atoms with Crippen molar-refractivity contribution in [3.63, 3.8) is 0 Å². The van der Waals surface area contributed by atoms with Crippen LogP contribution in [0.25, 0.3) is 0 Å². The Morgan fingerprint density at radius 3 is 2.87 bits per heavy atom. The third-order valence-electron chi connectivity index (χ3n) is 2.42. The predicted molar refractivity (Wildman–Crippen MR) is 60.7 cm³/mol. The number of aryl methyl sites for hydroxylation is 1. The van der Waals surface area contributed by atoms with E-state index < -0.39 is 0 Å². The number of nitrogens with zero attached hydrogens (tertiary/aromatic N) is 2. The van der Waals surface area contributed by atoms with Crippen molar-refractivity contribution in [2.75, 3.05) is 19.8 Å². The van der Waals surface area contributed by atoms with E-state index >= 15 is 0 Å². The average Bonchev–Trinajstić information content (AvgIpc) is 2.65. The van der Waals surface area contributed by atoms with Gasteiger partial charge in [-0.15, -0.1) is 0 Å². The molecule has 0 fully saturated rings. The number of imidazole rings is 1. The molecule has 0 aromatic carbocycles. The summed E-state index contributed by atoms with van der Waals surface area (Å²) >= 11 is 0. The first-order valence-corrected chi connectivity index (χ1v) is 5.57. The Morgan fingerprint density at radius 1 is 1.53 bits per heavy atom. The molecule has 0 spiro atoms. The largest absolute Gasteiger partial charge is 0.380 e. The molecular weight excluding hydrogens is 190 g/mol. The number of hydrogen-bond donors (Lipinski definition) is 1. The monoisotopic (exact) mass is 211 g/mol. The standard InChI is InChI=1S/C11H21N3O/c1-4-10(12-7-9-15-5-2)11-13-6-8-14(11)3/h6,8,10,12H,4-5,7,9H2,1-3H3. The van der Waals surface area contributed by atoms with Crippen LogP contribution in [0, 0.1) is 0 Å². The lowest BCUT2D eigenvalue weighted by molar-refractivity contribution is 0.146. The van der Waals surface area contributed by atoms with Crippen molar-refractivity contribution in [1.82, 2.24) is 14.9 Å². The van der Waals surface area contributed by atoms with E-state index in [1.807, 2.05) is 26.4 Å². The molecule has 1 aromatic heterocycles. The molecule has 0 amide bonds. The zero-order chi connectivity index (χ0) is 11.1. The number of rotatable bonds is 7. The maximum atomic E-state index is 5.29. The Bertz CT molecular complexity index is 273. The van der Waals surface area contributed by atoms with Gasteiger partial charge in [0.25, 0.3) is 0 Å². The SMILES string of the molecule is CCOCCNC(CC)c1nccn1C. The lowest BCUT2D eigenvalue weighted by Gasteiger charge is -2.16. The van der Waals surface area contributed by atoms with E-state index in [9.17, 15) is 0 Å². The van der Waals surface area contributed by atoms with Gasteiger partial charge in [-0.3, -0.25) is 0 Å². The third kappa shape index (κ3) is 3.64. The Kier molecular flexibility index (Phi) is 5.36. The Hall–Kier alpha value is -0.870. The van der Waals surface area contributed by atoms with Gasteiger partial charge in [0, 0.05) is 32.6 Å². The second-order valence-electron chi connectivity index (χ2n) is 3.51. The molecule has 0 radical (unpaired) electrons. The number of aromatic nitrogens is 2. The molecule has 0 aliphatic heterocycles. The van der Waals surface area contributed by atoms with Crippen LogP contribution in [-0.2, 0) is 11.8 Å². The lowest BCUT2D eigenvalue weighted by atomic mass is 10.2. The second kappa shape index (κ2) is 6.58. The van der Waals surface area contributed by atoms with Crippen molar-refractivity contribution in [1.29, 1.82) is 0 Å². The molecule has 0 aliphatic rings. The fraction of sp³-hybridized carbons (Fsp3) is 0.727. The van der Waals surface area contributed by atoms with E-state index in [-0.39, 0.29) is 0 Å². The van der Waals surface area contributed by atoms with Crippen LogP contribution in [0.4, 0.5) is 0 Å². The minimum atomic E-state index is 0.324. The summed E-state index contributed by atoms with van der Waals surface area (Å²) in [5, 5.41) is 3.44. The van der Waals surface area contributed by atoms with E-state index in [1.54, 1.807) is 0 Å². The molecule has 0 aliphatic carbocycles. The summed E-state index contributed by atoms with van der Waals surface area (Å²) in [4.78, 5) is 4.35. The topological polar surface area (TPSA) is 39.1 Å². The molecule has 4 nitrogen and oxygen atoms in total. The van der Waals surface area contributed by atoms with Gasteiger partial charge in [-0.05, 0) is 13.3 Å². The Balaban J connectivity index is 2.39. The summed E-state index contributed by atoms with van der Waals surface area (Å²) in [6.45, 7) is 6.58. The van der Waals surface area contributed by atoms with Crippen molar-refractivity contribution in [2.45, 2.75) is 26.3 Å². The minimum absolute atomic E-state index is 0.324. The van der Waals surface area contributed by atoms with Gasteiger partial charge in [-0.2, -0.15) is 0 Å². The first-order valence-electron chi connectivity index (χ1n) is 5.57. The molecule has 15 heavy (non-hydrogen) atoms. The van der Waals surface area contributed by atoms with Gasteiger partial charge in [-0.25, -0.2) is 4.98 Å². The fourth-order valence-electron chi connectivity index (χ4n) is 1.58. The highest BCUT2D eigenvalue weighted by atomic mass is 16.5. The van der Waals surface area contributed by atoms with E-state index in [2.05, 4.69) is 21.8 Å². The van der Waals surface area contributed by atoms with Gasteiger partial charge in [0.15, 0.2) is 0 Å². The van der Waals surface area contributed by atoms with Crippen LogP contribution in [0.15, 0.2) is 12.4 Å². The van der Waals surface area contributed by atoms with Crippen LogP contribution in [0.3, 0.4) is 0 Å². The minimum Gasteiger partial charge on any atom is -0.380 e. The van der Waals surface area contributed by atoms with Crippen LogP contribution in [0.1, 0.15) is 32.1 Å². The van der Waals surface area contributed by atoms with Gasteiger partial charge in [0.05, 0.1) is 12.6 Å². The van der Waals surface area contributed by atoms with Crippen molar-refractivity contribution >= 4 is 0 Å². The molecule has 1 heterocycles. The first-order chi connectivity index (χ1) is 7.29. The van der Waals surface area contributed by atoms with Crippen LogP contribution in [0.2, 0.25) is 0 Å². The van der Waals surface area contributed by atoms with Gasteiger partial charge in [0.2, 0.25) is 0 Å². The highest BCUT2D eigenvalue weighted by Crippen LogP contribution is 2.12. The van der Waals surface area contributed by atoms with Crippen molar-refractivity contribution < 1.29 is 4.74 Å². The van der Waals surface area contributed by atoms with Crippen molar-refractivity contribution in [3.8, 4) is 0 Å². The summed E-state index contributed by atoms with van der Waals surface area (Å²) in [5.41, 5.74) is 0. The van der Waals surface area contributed by atoms with E-state index in [4.69, 9.17) is 4.74 Å². The van der Waals surface area contributed by atoms with Crippen LogP contribution >= 0.6 is 0 Å². The number of hydrogen-bond acceptors (Lipinski definition) is 3. The van der Waals surface area contributed by atoms with Gasteiger partial charge >= 0.3 is 0 Å². The third-order valence-corrected chi connectivity index (χ3v) is 2.42. The predicted octanol–water partition coefficient (Wildman–Crippen LogP) is 1.50. The normalized spacial score (nSPS) is 13.0. The maximum Gasteiger partial charge on any atom is 0.125 e. The molecule has 1 rings (SSSR count). The maximum absolute atomic E-state index is 5.29. The molecule has 1 unspecified atom stereocenters. The summed E-state index contributed by atoms with van der Waals surface area (Å²) in [7, 11) is 2.02. The molecule has 86 valence electrons. The molecule has 4 heteroatoms. The molecule has 0 saturated heterocycles. The highest BCUT2D eigenvalue weighted by molar-refractivity contribution is 4.98. The average molecular weight is 211 g/mol. The summed E-state index contributed by atoms with van der Waals surface area (Å²) in [6.07, 6.45) is 4.85. The van der Waals surface area contributed by atoms with Gasteiger partial charge in [-0.1, -0.05) is 6.92 Å². The number of ether oxygens (including phenoxy) is 1. The fourth-order valence-corrected chi connectivity index (χ4v) is 1.58.